The average molecular weight is 283 g/mol. The maximum atomic E-state index is 12.0. The molecule has 0 bridgehead atoms. The molecule has 0 aliphatic carbocycles. The zero-order valence-electron chi connectivity index (χ0n) is 11.2. The van der Waals surface area contributed by atoms with Crippen LogP contribution < -0.4 is 5.32 Å². The summed E-state index contributed by atoms with van der Waals surface area (Å²) < 4.78 is 5.22. The third-order valence-electron chi connectivity index (χ3n) is 3.55. The lowest BCUT2D eigenvalue weighted by Crippen LogP contribution is -2.47. The second-order valence-corrected chi connectivity index (χ2v) is 6.27. The van der Waals surface area contributed by atoms with Crippen LogP contribution >= 0.6 is 11.3 Å². The second kappa shape index (κ2) is 6.50. The van der Waals surface area contributed by atoms with Gasteiger partial charge in [0.05, 0.1) is 5.60 Å². The van der Waals surface area contributed by atoms with Gasteiger partial charge in [-0.25, -0.2) is 0 Å². The van der Waals surface area contributed by atoms with Crippen LogP contribution in [0.2, 0.25) is 0 Å². The van der Waals surface area contributed by atoms with Crippen molar-refractivity contribution in [2.75, 3.05) is 19.8 Å². The molecule has 106 valence electrons. The number of nitrogens with one attached hydrogen (secondary N) is 1. The second-order valence-electron chi connectivity index (χ2n) is 5.24. The summed E-state index contributed by atoms with van der Waals surface area (Å²) in [5.74, 6) is -0.0598. The van der Waals surface area contributed by atoms with Crippen molar-refractivity contribution in [3.8, 4) is 0 Å². The van der Waals surface area contributed by atoms with E-state index in [0.717, 1.165) is 6.42 Å². The molecule has 0 radical (unpaired) electrons. The lowest BCUT2D eigenvalue weighted by Gasteiger charge is -2.32. The predicted octanol–water partition coefficient (Wildman–Crippen LogP) is 1.58. The van der Waals surface area contributed by atoms with Crippen molar-refractivity contribution < 1.29 is 14.6 Å². The zero-order chi connectivity index (χ0) is 13.7. The summed E-state index contributed by atoms with van der Waals surface area (Å²) in [6, 6.07) is 4.04. The molecule has 0 aromatic carbocycles. The molecule has 1 saturated heterocycles. The maximum Gasteiger partial charge on any atom is 0.223 e. The van der Waals surface area contributed by atoms with Crippen LogP contribution in [-0.2, 0) is 16.0 Å². The first-order valence-corrected chi connectivity index (χ1v) is 7.57. The highest BCUT2D eigenvalue weighted by Gasteiger charge is 2.30. The van der Waals surface area contributed by atoms with E-state index in [9.17, 15) is 9.90 Å². The van der Waals surface area contributed by atoms with E-state index in [-0.39, 0.29) is 11.8 Å². The minimum absolute atomic E-state index is 0.00770. The van der Waals surface area contributed by atoms with Crippen LogP contribution in [0.15, 0.2) is 17.5 Å². The van der Waals surface area contributed by atoms with Crippen molar-refractivity contribution >= 4 is 17.2 Å². The Bertz CT molecular complexity index is 399. The molecule has 5 heteroatoms. The quantitative estimate of drug-likeness (QED) is 0.862. The number of aliphatic hydroxyl groups is 1. The SMILES string of the molecule is CC(Cc1cccs1)C(=O)NCC1(O)CCOCC1. The van der Waals surface area contributed by atoms with E-state index in [1.807, 2.05) is 24.4 Å². The Hall–Kier alpha value is -0.910. The molecule has 2 rings (SSSR count). The first-order valence-electron chi connectivity index (χ1n) is 6.69. The zero-order valence-corrected chi connectivity index (χ0v) is 12.0. The molecule has 1 aliphatic rings. The topological polar surface area (TPSA) is 58.6 Å². The molecule has 2 N–H and O–H groups in total. The van der Waals surface area contributed by atoms with Gasteiger partial charge in [0.1, 0.15) is 0 Å². The molecule has 0 saturated carbocycles. The largest absolute Gasteiger partial charge is 0.388 e. The Kier molecular flexibility index (Phi) is 4.96. The van der Waals surface area contributed by atoms with Crippen LogP contribution in [0.25, 0.3) is 0 Å². The molecule has 1 atom stereocenters. The molecule has 1 amide bonds. The van der Waals surface area contributed by atoms with E-state index >= 15 is 0 Å². The van der Waals surface area contributed by atoms with Crippen molar-refractivity contribution in [2.45, 2.75) is 31.8 Å². The number of thiophene rings is 1. The Morgan fingerprint density at radius 2 is 2.32 bits per heavy atom. The predicted molar refractivity (Wildman–Crippen MR) is 75.2 cm³/mol. The fourth-order valence-electron chi connectivity index (χ4n) is 2.18. The monoisotopic (exact) mass is 283 g/mol. The number of carbonyl (C=O) groups is 1. The van der Waals surface area contributed by atoms with E-state index in [1.54, 1.807) is 11.3 Å². The average Bonchev–Trinajstić information content (AvgIpc) is 2.90. The van der Waals surface area contributed by atoms with Gasteiger partial charge >= 0.3 is 0 Å². The smallest absolute Gasteiger partial charge is 0.223 e. The molecule has 1 unspecified atom stereocenters. The minimum atomic E-state index is -0.795. The third-order valence-corrected chi connectivity index (χ3v) is 4.45. The van der Waals surface area contributed by atoms with Crippen molar-refractivity contribution in [1.82, 2.24) is 5.32 Å². The molecule has 1 fully saturated rings. The van der Waals surface area contributed by atoms with Crippen LogP contribution in [0, 0.1) is 5.92 Å². The van der Waals surface area contributed by atoms with Gasteiger partial charge in [-0.05, 0) is 17.9 Å². The standard InChI is InChI=1S/C14H21NO3S/c1-11(9-12-3-2-8-19-12)13(16)15-10-14(17)4-6-18-7-5-14/h2-3,8,11,17H,4-7,9-10H2,1H3,(H,15,16). The molecule has 1 aromatic heterocycles. The van der Waals surface area contributed by atoms with Crippen LogP contribution in [-0.4, -0.2) is 36.4 Å². The van der Waals surface area contributed by atoms with Gasteiger partial charge in [0.25, 0.3) is 0 Å². The minimum Gasteiger partial charge on any atom is -0.388 e. The fraction of sp³-hybridized carbons (Fsp3) is 0.643. The van der Waals surface area contributed by atoms with Crippen molar-refractivity contribution in [3.05, 3.63) is 22.4 Å². The number of carbonyl (C=O) groups excluding carboxylic acids is 1. The molecular weight excluding hydrogens is 262 g/mol. The molecular formula is C14H21NO3S. The van der Waals surface area contributed by atoms with E-state index in [0.29, 0.717) is 32.6 Å². The normalized spacial score (nSPS) is 19.9. The molecule has 0 spiro atoms. The van der Waals surface area contributed by atoms with Gasteiger partial charge in [0, 0.05) is 43.4 Å². The number of hydrogen-bond acceptors (Lipinski definition) is 4. The summed E-state index contributed by atoms with van der Waals surface area (Å²) in [6.07, 6.45) is 1.93. The van der Waals surface area contributed by atoms with Gasteiger partial charge in [0.15, 0.2) is 0 Å². The van der Waals surface area contributed by atoms with Crippen LogP contribution in [0.1, 0.15) is 24.6 Å². The van der Waals surface area contributed by atoms with Gasteiger partial charge in [-0.1, -0.05) is 13.0 Å². The summed E-state index contributed by atoms with van der Waals surface area (Å²) in [4.78, 5) is 13.2. The van der Waals surface area contributed by atoms with Gasteiger partial charge in [-0.2, -0.15) is 0 Å². The van der Waals surface area contributed by atoms with Crippen LogP contribution in [0.4, 0.5) is 0 Å². The lowest BCUT2D eigenvalue weighted by atomic mass is 9.94. The first-order chi connectivity index (χ1) is 9.09. The molecule has 2 heterocycles. The van der Waals surface area contributed by atoms with Crippen LogP contribution in [0.3, 0.4) is 0 Å². The maximum absolute atomic E-state index is 12.0. The number of ether oxygens (including phenoxy) is 1. The summed E-state index contributed by atoms with van der Waals surface area (Å²) in [5, 5.41) is 15.1. The number of hydrogen-bond donors (Lipinski definition) is 2. The van der Waals surface area contributed by atoms with Crippen molar-refractivity contribution in [1.29, 1.82) is 0 Å². The molecule has 19 heavy (non-hydrogen) atoms. The molecule has 1 aliphatic heterocycles. The third kappa shape index (κ3) is 4.30. The van der Waals surface area contributed by atoms with Gasteiger partial charge in [0.2, 0.25) is 5.91 Å². The van der Waals surface area contributed by atoms with Gasteiger partial charge in [-0.15, -0.1) is 11.3 Å². The molecule has 1 aromatic rings. The van der Waals surface area contributed by atoms with Gasteiger partial charge < -0.3 is 15.2 Å². The Labute approximate surface area is 117 Å². The van der Waals surface area contributed by atoms with E-state index in [4.69, 9.17) is 4.74 Å². The van der Waals surface area contributed by atoms with Crippen molar-refractivity contribution in [3.63, 3.8) is 0 Å². The first kappa shape index (κ1) is 14.5. The van der Waals surface area contributed by atoms with E-state index < -0.39 is 5.60 Å². The summed E-state index contributed by atoms with van der Waals surface area (Å²) in [7, 11) is 0. The Morgan fingerprint density at radius 1 is 1.58 bits per heavy atom. The Morgan fingerprint density at radius 3 is 2.95 bits per heavy atom. The fourth-order valence-corrected chi connectivity index (χ4v) is 3.01. The summed E-state index contributed by atoms with van der Waals surface area (Å²) >= 11 is 1.67. The highest BCUT2D eigenvalue weighted by atomic mass is 32.1. The molecule has 4 nitrogen and oxygen atoms in total. The highest BCUT2D eigenvalue weighted by Crippen LogP contribution is 2.20. The summed E-state index contributed by atoms with van der Waals surface area (Å²) in [5.41, 5.74) is -0.795. The summed E-state index contributed by atoms with van der Waals surface area (Å²) in [6.45, 7) is 3.38. The highest BCUT2D eigenvalue weighted by molar-refractivity contribution is 7.09. The van der Waals surface area contributed by atoms with Crippen molar-refractivity contribution in [2.24, 2.45) is 5.92 Å². The number of rotatable bonds is 5. The Balaban J connectivity index is 1.77. The van der Waals surface area contributed by atoms with E-state index in [1.165, 1.54) is 4.88 Å². The lowest BCUT2D eigenvalue weighted by molar-refractivity contribution is -0.127. The van der Waals surface area contributed by atoms with E-state index in [2.05, 4.69) is 5.32 Å². The number of amides is 1. The van der Waals surface area contributed by atoms with Gasteiger partial charge in [-0.3, -0.25) is 4.79 Å². The van der Waals surface area contributed by atoms with Crippen LogP contribution in [0.5, 0.6) is 0 Å².